The van der Waals surface area contributed by atoms with Gasteiger partial charge in [0.05, 0.1) is 66.2 Å². The summed E-state index contributed by atoms with van der Waals surface area (Å²) in [6.07, 6.45) is 0. The average Bonchev–Trinajstić information content (AvgIpc) is 1.51. The van der Waals surface area contributed by atoms with Gasteiger partial charge in [-0.2, -0.15) is 0 Å². The Bertz CT molecular complexity index is 10600. The van der Waals surface area contributed by atoms with Crippen molar-refractivity contribution in [2.24, 2.45) is 0 Å². The van der Waals surface area contributed by atoms with E-state index in [-0.39, 0.29) is 16.2 Å². The quantitative estimate of drug-likeness (QED) is 0.152. The first kappa shape index (κ1) is 82.8. The fourth-order valence-corrected chi connectivity index (χ4v) is 26.2. The molecule has 0 N–H and O–H groups in total. The molecule has 0 fully saturated rings. The van der Waals surface area contributed by atoms with E-state index in [2.05, 4.69) is 542 Å². The van der Waals surface area contributed by atoms with Gasteiger partial charge in [-0.3, -0.25) is 0 Å². The number of hydrogen-bond donors (Lipinski definition) is 0. The molecular formula is C139H96N6. The van der Waals surface area contributed by atoms with Crippen molar-refractivity contribution in [1.29, 1.82) is 0 Å². The minimum Gasteiger partial charge on any atom is -0.309 e. The second kappa shape index (κ2) is 31.0. The Kier molecular flexibility index (Phi) is 17.7. The fourth-order valence-electron chi connectivity index (χ4n) is 26.2. The number of benzene rings is 23. The maximum Gasteiger partial charge on any atom is 0.0562 e. The lowest BCUT2D eigenvalue weighted by atomic mass is 9.81. The highest BCUT2D eigenvalue weighted by Gasteiger charge is 2.40. The molecule has 6 heteroatoms. The maximum atomic E-state index is 2.49. The third kappa shape index (κ3) is 12.0. The van der Waals surface area contributed by atoms with Crippen LogP contribution in [0.5, 0.6) is 0 Å². The van der Waals surface area contributed by atoms with Crippen LogP contribution >= 0.6 is 0 Å². The smallest absolute Gasteiger partial charge is 0.0562 e. The van der Waals surface area contributed by atoms with Crippen molar-refractivity contribution in [2.75, 3.05) is 0 Å². The first-order valence-electron chi connectivity index (χ1n) is 50.8. The molecule has 3 aliphatic carbocycles. The Morgan fingerprint density at radius 2 is 0.400 bits per heavy atom. The molecule has 0 saturated heterocycles. The number of rotatable bonds is 7. The van der Waals surface area contributed by atoms with E-state index >= 15 is 0 Å². The van der Waals surface area contributed by atoms with Crippen LogP contribution < -0.4 is 0 Å². The first-order chi connectivity index (χ1) is 71.2. The molecular weight excluding hydrogens is 1750 g/mol. The molecule has 32 rings (SSSR count). The van der Waals surface area contributed by atoms with Crippen molar-refractivity contribution >= 4 is 174 Å². The van der Waals surface area contributed by atoms with Gasteiger partial charge in [-0.1, -0.05) is 351 Å². The van der Waals surface area contributed by atoms with Crippen LogP contribution in [0.15, 0.2) is 473 Å². The minimum atomic E-state index is -0.114. The molecule has 682 valence electrons. The molecule has 0 spiro atoms. The van der Waals surface area contributed by atoms with Gasteiger partial charge in [0.15, 0.2) is 0 Å². The lowest BCUT2D eigenvalue weighted by Crippen LogP contribution is -2.15. The van der Waals surface area contributed by atoms with Gasteiger partial charge >= 0.3 is 0 Å². The highest BCUT2D eigenvalue weighted by molar-refractivity contribution is 6.29. The first-order valence-corrected chi connectivity index (χ1v) is 50.8. The van der Waals surface area contributed by atoms with E-state index in [0.717, 1.165) is 5.69 Å². The highest BCUT2D eigenvalue weighted by atomic mass is 15.0. The number of hydrogen-bond acceptors (Lipinski definition) is 0. The predicted molar refractivity (Wildman–Crippen MR) is 614 cm³/mol. The Balaban J connectivity index is 0.000000101. The van der Waals surface area contributed by atoms with Crippen LogP contribution in [0.3, 0.4) is 0 Å². The molecule has 29 aromatic rings. The molecule has 0 amide bonds. The van der Waals surface area contributed by atoms with E-state index in [4.69, 9.17) is 0 Å². The monoisotopic (exact) mass is 1850 g/mol. The molecule has 0 unspecified atom stereocenters. The zero-order chi connectivity index (χ0) is 96.1. The molecule has 0 bridgehead atoms. The Morgan fingerprint density at radius 1 is 0.131 bits per heavy atom. The molecule has 0 saturated carbocycles. The Morgan fingerprint density at radius 3 is 0.807 bits per heavy atom. The normalized spacial score (nSPS) is 13.6. The third-order valence-corrected chi connectivity index (χ3v) is 33.0. The van der Waals surface area contributed by atoms with E-state index in [1.54, 1.807) is 0 Å². The topological polar surface area (TPSA) is 29.6 Å². The van der Waals surface area contributed by atoms with Crippen LogP contribution in [0.2, 0.25) is 0 Å². The van der Waals surface area contributed by atoms with Crippen LogP contribution in [0, 0.1) is 0 Å². The molecule has 0 radical (unpaired) electrons. The van der Waals surface area contributed by atoms with Crippen LogP contribution in [-0.2, 0) is 16.2 Å². The van der Waals surface area contributed by atoms with Gasteiger partial charge in [-0.15, -0.1) is 0 Å². The van der Waals surface area contributed by atoms with Crippen molar-refractivity contribution in [3.63, 3.8) is 0 Å². The third-order valence-electron chi connectivity index (χ3n) is 33.0. The molecule has 6 aromatic heterocycles. The SMILES string of the molecule is CC1(C)c2cc(-n3c4ccccc4c4cc5c6c7ccccc7ccc6n(-c6ccccc6)c5cc43)ccc2-c2cc3ccccc3cc21.CC1(C)c2ccccc2-c2ccc(-c3ccc(-n4c5ccccc5c5cc6c7c8ccccc8ccc7n(-c7ccccc7)c6cc54)cc3)cc21.CC1(C)c2ccccc2-c2ccc(-n3c4ccccc4c4cc5c6c7ccccc7ccc6n(-c6ccccc6)c5cc43)cc21. The zero-order valence-corrected chi connectivity index (χ0v) is 81.2. The van der Waals surface area contributed by atoms with Crippen molar-refractivity contribution in [3.8, 4) is 78.6 Å². The van der Waals surface area contributed by atoms with Crippen LogP contribution in [-0.4, -0.2) is 27.4 Å². The van der Waals surface area contributed by atoms with E-state index < -0.39 is 0 Å². The number of nitrogens with zero attached hydrogens (tertiary/aromatic N) is 6. The fraction of sp³-hybridized carbons (Fsp3) is 0.0647. The molecule has 6 heterocycles. The maximum absolute atomic E-state index is 2.49. The van der Waals surface area contributed by atoms with Gasteiger partial charge in [0, 0.05) is 115 Å². The lowest BCUT2D eigenvalue weighted by molar-refractivity contribution is 0.660. The van der Waals surface area contributed by atoms with Gasteiger partial charge in [0.25, 0.3) is 0 Å². The van der Waals surface area contributed by atoms with Gasteiger partial charge in [-0.25, -0.2) is 0 Å². The molecule has 0 aliphatic heterocycles. The average molecular weight is 1850 g/mol. The highest BCUT2D eigenvalue weighted by Crippen LogP contribution is 2.56. The van der Waals surface area contributed by atoms with E-state index in [1.165, 1.54) is 280 Å². The van der Waals surface area contributed by atoms with Crippen LogP contribution in [0.4, 0.5) is 0 Å². The summed E-state index contributed by atoms with van der Waals surface area (Å²) in [6.45, 7) is 14.2. The van der Waals surface area contributed by atoms with E-state index in [9.17, 15) is 0 Å². The van der Waals surface area contributed by atoms with Gasteiger partial charge < -0.3 is 27.4 Å². The summed E-state index contributed by atoms with van der Waals surface area (Å²) >= 11 is 0. The summed E-state index contributed by atoms with van der Waals surface area (Å²) in [4.78, 5) is 0. The number of fused-ring (bicyclic) bond motifs is 34. The van der Waals surface area contributed by atoms with E-state index in [1.807, 2.05) is 0 Å². The molecule has 145 heavy (non-hydrogen) atoms. The van der Waals surface area contributed by atoms with Crippen LogP contribution in [0.1, 0.15) is 74.9 Å². The molecule has 0 atom stereocenters. The summed E-state index contributed by atoms with van der Waals surface area (Å²) in [7, 11) is 0. The van der Waals surface area contributed by atoms with Gasteiger partial charge in [0.1, 0.15) is 0 Å². The zero-order valence-electron chi connectivity index (χ0n) is 81.2. The summed E-state index contributed by atoms with van der Waals surface area (Å²) in [5.41, 5.74) is 40.5. The molecule has 3 aliphatic rings. The van der Waals surface area contributed by atoms with Gasteiger partial charge in [0.2, 0.25) is 0 Å². The van der Waals surface area contributed by atoms with Crippen LogP contribution in [0.25, 0.3) is 253 Å². The van der Waals surface area contributed by atoms with Crippen molar-refractivity contribution in [2.45, 2.75) is 57.8 Å². The second-order valence-corrected chi connectivity index (χ2v) is 41.8. The summed E-state index contributed by atoms with van der Waals surface area (Å²) in [5, 5.41) is 25.6. The second-order valence-electron chi connectivity index (χ2n) is 41.8. The molecule has 23 aromatic carbocycles. The summed E-state index contributed by atoms with van der Waals surface area (Å²) in [5.74, 6) is 0. The summed E-state index contributed by atoms with van der Waals surface area (Å²) in [6, 6.07) is 175. The largest absolute Gasteiger partial charge is 0.309 e. The minimum absolute atomic E-state index is 0.0231. The Hall–Kier alpha value is -18.1. The van der Waals surface area contributed by atoms with E-state index in [0.29, 0.717) is 0 Å². The van der Waals surface area contributed by atoms with Gasteiger partial charge in [-0.05, 0) is 285 Å². The lowest BCUT2D eigenvalue weighted by Gasteiger charge is -2.22. The number of para-hydroxylation sites is 6. The standard InChI is InChI=1S/C49H34N2.C47H32N2.C43H30N2/c1-49(2)42-18-10-8-16-37(42)38-26-22-33(28-43(38)49)31-20-24-35(25-21-31)50-44-19-11-9-17-39(44)40-29-41-47(30-46(40)50)51(34-13-4-3-5-14-34)45-27-23-32-12-6-7-15-36(32)48(41)45;1-47(2)40-25-31-14-7-6-13-30(31)24-37(40)35-22-21-33(26-41(35)47)49-42-19-11-10-18-36(42)38-27-39-45(28-44(38)49)48(32-15-4-3-5-16-32)43-23-20-29-12-8-9-17-34(29)46(39)43;1-43(2)36-18-10-8-16-31(36)32-22-21-29(24-37(32)43)45-38-19-11-9-17-33(38)34-25-35-41(26-40(34)45)44(28-13-4-3-5-14-28)39-23-20-27-12-6-7-15-30(27)42(35)39/h3-30H,1-2H3;3-28H,1-2H3;3-26H,1-2H3. The van der Waals surface area contributed by atoms with Crippen molar-refractivity contribution in [3.05, 3.63) is 507 Å². The van der Waals surface area contributed by atoms with Crippen molar-refractivity contribution in [1.82, 2.24) is 27.4 Å². The Labute approximate surface area is 838 Å². The predicted octanol–water partition coefficient (Wildman–Crippen LogP) is 36.8. The summed E-state index contributed by atoms with van der Waals surface area (Å²) < 4.78 is 14.8. The van der Waals surface area contributed by atoms with Crippen molar-refractivity contribution < 1.29 is 0 Å². The molecule has 6 nitrogen and oxygen atoms in total. The number of aromatic nitrogens is 6.